The van der Waals surface area contributed by atoms with Crippen molar-refractivity contribution >= 4 is 27.9 Å². The molecule has 0 aliphatic carbocycles. The summed E-state index contributed by atoms with van der Waals surface area (Å²) < 4.78 is 0. The fraction of sp³-hybridized carbons (Fsp3) is 0.333. The molecule has 0 aliphatic rings. The summed E-state index contributed by atoms with van der Waals surface area (Å²) in [7, 11) is 0. The molecule has 0 unspecified atom stereocenters. The van der Waals surface area contributed by atoms with E-state index in [1.54, 1.807) is 0 Å². The Morgan fingerprint density at radius 2 is 1.30 bits per heavy atom. The van der Waals surface area contributed by atoms with Crippen molar-refractivity contribution in [2.75, 3.05) is 0 Å². The molecule has 0 spiro atoms. The Morgan fingerprint density at radius 3 is 1.30 bits per heavy atom. The number of aliphatic carboxylic acids is 2. The number of halogens is 1. The summed E-state index contributed by atoms with van der Waals surface area (Å²) in [5.74, 6) is -3.41. The summed E-state index contributed by atoms with van der Waals surface area (Å²) >= 11 is 2.28. The molecule has 0 aromatic carbocycles. The zero-order valence-corrected chi connectivity index (χ0v) is 13.4. The Morgan fingerprint density at radius 1 is 1.10 bits per heavy atom. The Bertz CT molecular complexity index is 114. The van der Waals surface area contributed by atoms with Crippen molar-refractivity contribution in [1.82, 2.24) is 0 Å². The van der Waals surface area contributed by atoms with Gasteiger partial charge in [0, 0.05) is 0 Å². The van der Waals surface area contributed by atoms with Crippen LogP contribution in [0.25, 0.3) is 0 Å². The first-order chi connectivity index (χ1) is 3.55. The molecule has 0 aliphatic heterocycles. The summed E-state index contributed by atoms with van der Waals surface area (Å²) in [6.07, 6.45) is 0. The molecule has 46 valence electrons. The van der Waals surface area contributed by atoms with Crippen LogP contribution in [0.4, 0.5) is 0 Å². The summed E-state index contributed by atoms with van der Waals surface area (Å²) in [6.45, 7) is 0. The third-order valence-corrected chi connectivity index (χ3v) is 1.16. The molecule has 7 heteroatoms. The first kappa shape index (κ1) is 18.5. The van der Waals surface area contributed by atoms with Crippen LogP contribution in [0.5, 0.6) is 0 Å². The fourth-order valence-electron chi connectivity index (χ4n) is 0.0962. The predicted molar refractivity (Wildman–Crippen MR) is 22.7 cm³/mol. The third kappa shape index (κ3) is 8.79. The van der Waals surface area contributed by atoms with Crippen LogP contribution in [0.3, 0.4) is 0 Å². The second kappa shape index (κ2) is 9.78. The molecular weight excluding hydrogens is 258 g/mol. The molecule has 0 N–H and O–H groups in total. The van der Waals surface area contributed by atoms with Gasteiger partial charge in [0.2, 0.25) is 0 Å². The summed E-state index contributed by atoms with van der Waals surface area (Å²) in [6, 6.07) is 0. The maximum absolute atomic E-state index is 9.56. The predicted octanol–water partition coefficient (Wildman–Crippen LogP) is -8.74. The number of hydrogen-bond donors (Lipinski definition) is 0. The first-order valence-electron chi connectivity index (χ1n) is 1.61. The Kier molecular flexibility index (Phi) is 18.1. The van der Waals surface area contributed by atoms with Gasteiger partial charge in [-0.2, -0.15) is 0 Å². The minimum absolute atomic E-state index is 0. The van der Waals surface area contributed by atoms with Crippen molar-refractivity contribution in [1.29, 1.82) is 0 Å². The molecule has 0 saturated heterocycles. The van der Waals surface area contributed by atoms with E-state index in [1.807, 2.05) is 0 Å². The molecule has 10 heavy (non-hydrogen) atoms. The van der Waals surface area contributed by atoms with Crippen molar-refractivity contribution < 1.29 is 123 Å². The van der Waals surface area contributed by atoms with E-state index >= 15 is 0 Å². The third-order valence-electron chi connectivity index (χ3n) is 0.414. The summed E-state index contributed by atoms with van der Waals surface area (Å²) in [4.78, 5) is 17.4. The number of alkyl halides is 1. The van der Waals surface area contributed by atoms with Crippen molar-refractivity contribution in [2.24, 2.45) is 0 Å². The Balaban J connectivity index is -0.000000245. The van der Waals surface area contributed by atoms with E-state index in [0.717, 1.165) is 0 Å². The van der Waals surface area contributed by atoms with Gasteiger partial charge >= 0.3 is 103 Å². The van der Waals surface area contributed by atoms with Crippen LogP contribution in [-0.4, -0.2) is 16.8 Å². The van der Waals surface area contributed by atoms with Crippen LogP contribution in [0.2, 0.25) is 0 Å². The molecular formula is C3HBrK2O4. The van der Waals surface area contributed by atoms with Gasteiger partial charge in [0.05, 0.1) is 16.8 Å². The van der Waals surface area contributed by atoms with Gasteiger partial charge < -0.3 is 19.8 Å². The van der Waals surface area contributed by atoms with Crippen molar-refractivity contribution in [3.8, 4) is 0 Å². The molecule has 0 rings (SSSR count). The van der Waals surface area contributed by atoms with E-state index in [9.17, 15) is 19.8 Å². The largest absolute Gasteiger partial charge is 1.00 e. The van der Waals surface area contributed by atoms with Gasteiger partial charge in [-0.25, -0.2) is 0 Å². The van der Waals surface area contributed by atoms with E-state index in [1.165, 1.54) is 0 Å². The molecule has 0 atom stereocenters. The summed E-state index contributed by atoms with van der Waals surface area (Å²) in [5.41, 5.74) is 0. The van der Waals surface area contributed by atoms with Crippen LogP contribution in [-0.2, 0) is 9.59 Å². The maximum atomic E-state index is 9.56. The van der Waals surface area contributed by atoms with Crippen LogP contribution in [0.1, 0.15) is 0 Å². The van der Waals surface area contributed by atoms with Gasteiger partial charge in [-0.1, -0.05) is 15.9 Å². The first-order valence-corrected chi connectivity index (χ1v) is 2.53. The second-order valence-electron chi connectivity index (χ2n) is 1.00. The average Bonchev–Trinajstić information content (AvgIpc) is 1.64. The van der Waals surface area contributed by atoms with Gasteiger partial charge in [-0.3, -0.25) is 0 Å². The second-order valence-corrected chi connectivity index (χ2v) is 1.92. The smallest absolute Gasteiger partial charge is 0.549 e. The van der Waals surface area contributed by atoms with Crippen LogP contribution in [0.15, 0.2) is 0 Å². The maximum Gasteiger partial charge on any atom is 1.00 e. The molecule has 0 heterocycles. The Hall–Kier alpha value is 2.69. The number of hydrogen-bond acceptors (Lipinski definition) is 4. The molecule has 0 fully saturated rings. The van der Waals surface area contributed by atoms with E-state index in [2.05, 4.69) is 15.9 Å². The number of carboxylic acid groups (broad SMARTS) is 2. The van der Waals surface area contributed by atoms with Gasteiger partial charge in [-0.05, 0) is 0 Å². The van der Waals surface area contributed by atoms with Crippen LogP contribution < -0.4 is 113 Å². The molecule has 0 aromatic rings. The molecule has 0 saturated carbocycles. The van der Waals surface area contributed by atoms with E-state index in [-0.39, 0.29) is 103 Å². The molecule has 0 aromatic heterocycles. The zero-order valence-electron chi connectivity index (χ0n) is 5.59. The van der Waals surface area contributed by atoms with E-state index < -0.39 is 16.8 Å². The van der Waals surface area contributed by atoms with Gasteiger partial charge in [0.25, 0.3) is 0 Å². The summed E-state index contributed by atoms with van der Waals surface area (Å²) in [5, 5.41) is 19.1. The standard InChI is InChI=1S/C3H3BrO4.2K/c4-1(2(5)6)3(7)8;;/h1H,(H,5,6)(H,7,8);;/q;2*+1/p-2. The fourth-order valence-corrected chi connectivity index (χ4v) is 0.0962. The van der Waals surface area contributed by atoms with Crippen molar-refractivity contribution in [3.63, 3.8) is 0 Å². The van der Waals surface area contributed by atoms with Crippen molar-refractivity contribution in [2.45, 2.75) is 4.83 Å². The van der Waals surface area contributed by atoms with Gasteiger partial charge in [0.1, 0.15) is 0 Å². The molecule has 0 bridgehead atoms. The topological polar surface area (TPSA) is 80.3 Å². The van der Waals surface area contributed by atoms with E-state index in [0.29, 0.717) is 0 Å². The monoisotopic (exact) mass is 258 g/mol. The normalized spacial score (nSPS) is 7.40. The number of carboxylic acids is 2. The SMILES string of the molecule is O=C([O-])C(Br)C(=O)[O-].[K+].[K+]. The molecule has 0 radical (unpaired) electrons. The van der Waals surface area contributed by atoms with Gasteiger partial charge in [-0.15, -0.1) is 0 Å². The van der Waals surface area contributed by atoms with Gasteiger partial charge in [0.15, 0.2) is 0 Å². The minimum Gasteiger partial charge on any atom is -0.549 e. The molecule has 4 nitrogen and oxygen atoms in total. The number of rotatable bonds is 2. The van der Waals surface area contributed by atoms with Crippen molar-refractivity contribution in [3.05, 3.63) is 0 Å². The number of carbonyl (C=O) groups excluding carboxylic acids is 2. The average molecular weight is 259 g/mol. The van der Waals surface area contributed by atoms with E-state index in [4.69, 9.17) is 0 Å². The number of carbonyl (C=O) groups is 2. The molecule has 0 amide bonds. The quantitative estimate of drug-likeness (QED) is 0.280. The minimum atomic E-state index is -1.71. The van der Waals surface area contributed by atoms with Crippen LogP contribution >= 0.6 is 15.9 Å². The Labute approximate surface area is 151 Å². The zero-order chi connectivity index (χ0) is 6.73. The van der Waals surface area contributed by atoms with Crippen LogP contribution in [0, 0.1) is 0 Å².